The molecule has 0 radical (unpaired) electrons. The molecule has 0 spiro atoms. The zero-order chi connectivity index (χ0) is 16.5. The van der Waals surface area contributed by atoms with Gasteiger partial charge in [-0.3, -0.25) is 9.59 Å². The Balaban J connectivity index is 2.23. The van der Waals surface area contributed by atoms with Gasteiger partial charge in [-0.2, -0.15) is 0 Å². The molecule has 0 aromatic heterocycles. The van der Waals surface area contributed by atoms with Crippen molar-refractivity contribution in [3.63, 3.8) is 0 Å². The van der Waals surface area contributed by atoms with Crippen LogP contribution in [0, 0.1) is 0 Å². The quantitative estimate of drug-likeness (QED) is 0.485. The third-order valence-electron chi connectivity index (χ3n) is 3.88. The summed E-state index contributed by atoms with van der Waals surface area (Å²) >= 11 is 11.9. The van der Waals surface area contributed by atoms with Crippen molar-refractivity contribution in [1.29, 1.82) is 0 Å². The minimum Gasteiger partial charge on any atom is -0.462 e. The Morgan fingerprint density at radius 2 is 1.18 bits per heavy atom. The van der Waals surface area contributed by atoms with E-state index in [1.807, 2.05) is 13.8 Å². The third-order valence-corrected chi connectivity index (χ3v) is 4.81. The summed E-state index contributed by atoms with van der Waals surface area (Å²) in [5, 5.41) is -0.321. The predicted octanol–water partition coefficient (Wildman–Crippen LogP) is 4.20. The molecule has 4 nitrogen and oxygen atoms in total. The number of hydrogen-bond donors (Lipinski definition) is 0. The van der Waals surface area contributed by atoms with Crippen LogP contribution in [0.3, 0.4) is 0 Å². The van der Waals surface area contributed by atoms with Crippen LogP contribution >= 0.6 is 23.2 Å². The molecule has 0 aliphatic heterocycles. The number of hydrogen-bond acceptors (Lipinski definition) is 4. The van der Waals surface area contributed by atoms with E-state index in [4.69, 9.17) is 32.7 Å². The molecule has 0 aromatic carbocycles. The van der Waals surface area contributed by atoms with E-state index < -0.39 is 0 Å². The van der Waals surface area contributed by atoms with Crippen molar-refractivity contribution in [2.75, 3.05) is 0 Å². The molecule has 2 unspecified atom stereocenters. The van der Waals surface area contributed by atoms with E-state index in [-0.39, 0.29) is 47.7 Å². The van der Waals surface area contributed by atoms with Gasteiger partial charge in [-0.05, 0) is 38.5 Å². The highest BCUT2D eigenvalue weighted by Crippen LogP contribution is 2.25. The van der Waals surface area contributed by atoms with Gasteiger partial charge in [0.2, 0.25) is 0 Å². The first-order valence-corrected chi connectivity index (χ1v) is 8.98. The topological polar surface area (TPSA) is 52.6 Å². The lowest BCUT2D eigenvalue weighted by molar-refractivity contribution is -0.158. The van der Waals surface area contributed by atoms with Crippen molar-refractivity contribution in [3.05, 3.63) is 0 Å². The summed E-state index contributed by atoms with van der Waals surface area (Å²) in [5.74, 6) is -0.481. The monoisotopic (exact) mass is 352 g/mol. The molecule has 0 N–H and O–H groups in total. The highest BCUT2D eigenvalue weighted by molar-refractivity contribution is 6.21. The molecule has 0 amide bonds. The number of carbonyl (C=O) groups excluding carboxylic acids is 2. The van der Waals surface area contributed by atoms with Gasteiger partial charge in [-0.1, -0.05) is 13.8 Å². The zero-order valence-electron chi connectivity index (χ0n) is 13.4. The maximum Gasteiger partial charge on any atom is 0.307 e. The maximum atomic E-state index is 11.7. The van der Waals surface area contributed by atoms with Gasteiger partial charge >= 0.3 is 11.9 Å². The van der Waals surface area contributed by atoms with Crippen LogP contribution in [0.25, 0.3) is 0 Å². The molecule has 2 atom stereocenters. The van der Waals surface area contributed by atoms with E-state index in [1.54, 1.807) is 0 Å². The van der Waals surface area contributed by atoms with Gasteiger partial charge < -0.3 is 9.47 Å². The molecule has 0 saturated heterocycles. The minimum absolute atomic E-state index is 0.0837. The fourth-order valence-electron chi connectivity index (χ4n) is 2.39. The second-order valence-corrected chi connectivity index (χ2v) is 7.03. The Morgan fingerprint density at radius 1 is 0.864 bits per heavy atom. The summed E-state index contributed by atoms with van der Waals surface area (Å²) in [6.07, 6.45) is 4.72. The van der Waals surface area contributed by atoms with Crippen molar-refractivity contribution >= 4 is 35.1 Å². The molecule has 128 valence electrons. The Hall–Kier alpha value is -0.480. The molecular formula is C16H26Cl2O4. The Kier molecular flexibility index (Phi) is 9.18. The summed E-state index contributed by atoms with van der Waals surface area (Å²) in [6, 6.07) is 0. The lowest BCUT2D eigenvalue weighted by Gasteiger charge is -2.28. The summed E-state index contributed by atoms with van der Waals surface area (Å²) in [7, 11) is 0. The molecule has 1 saturated carbocycles. The van der Waals surface area contributed by atoms with E-state index in [0.29, 0.717) is 0 Å². The maximum absolute atomic E-state index is 11.7. The number of rotatable bonds is 8. The van der Waals surface area contributed by atoms with Crippen LogP contribution in [0.1, 0.15) is 65.2 Å². The normalized spacial score (nSPS) is 24.4. The first-order chi connectivity index (χ1) is 10.4. The Labute approximate surface area is 142 Å². The highest BCUT2D eigenvalue weighted by atomic mass is 35.5. The van der Waals surface area contributed by atoms with Gasteiger partial charge in [0.05, 0.1) is 12.8 Å². The van der Waals surface area contributed by atoms with Gasteiger partial charge in [0.25, 0.3) is 0 Å². The molecule has 0 heterocycles. The lowest BCUT2D eigenvalue weighted by atomic mass is 9.95. The largest absolute Gasteiger partial charge is 0.462 e. The van der Waals surface area contributed by atoms with Crippen molar-refractivity contribution < 1.29 is 19.1 Å². The lowest BCUT2D eigenvalue weighted by Crippen LogP contribution is -2.30. The standard InChI is InChI=1S/C16H26Cl2O4/c1-3-11(17)9-15(19)21-13-5-7-14(8-6-13)22-16(20)10-12(18)4-2/h11-14H,3-10H2,1-2H3. The summed E-state index contributed by atoms with van der Waals surface area (Å²) in [4.78, 5) is 23.4. The minimum atomic E-state index is -0.241. The smallest absolute Gasteiger partial charge is 0.307 e. The number of carbonyl (C=O) groups is 2. The summed E-state index contributed by atoms with van der Waals surface area (Å²) in [5.41, 5.74) is 0. The van der Waals surface area contributed by atoms with E-state index in [1.165, 1.54) is 0 Å². The second kappa shape index (κ2) is 10.3. The predicted molar refractivity (Wildman–Crippen MR) is 87.3 cm³/mol. The van der Waals surface area contributed by atoms with Crippen LogP contribution in [0.5, 0.6) is 0 Å². The van der Waals surface area contributed by atoms with Crippen LogP contribution in [0.15, 0.2) is 0 Å². The van der Waals surface area contributed by atoms with Gasteiger partial charge in [-0.15, -0.1) is 23.2 Å². The Bertz CT molecular complexity index is 320. The van der Waals surface area contributed by atoms with Crippen LogP contribution in [-0.4, -0.2) is 34.9 Å². The number of esters is 2. The van der Waals surface area contributed by atoms with Gasteiger partial charge in [0.15, 0.2) is 0 Å². The molecular weight excluding hydrogens is 327 g/mol. The van der Waals surface area contributed by atoms with E-state index in [0.717, 1.165) is 38.5 Å². The molecule has 1 aliphatic carbocycles. The summed E-state index contributed by atoms with van der Waals surface area (Å²) < 4.78 is 10.8. The molecule has 22 heavy (non-hydrogen) atoms. The first kappa shape index (κ1) is 19.6. The van der Waals surface area contributed by atoms with Crippen molar-refractivity contribution in [2.45, 2.75) is 88.2 Å². The van der Waals surface area contributed by atoms with Crippen molar-refractivity contribution in [1.82, 2.24) is 0 Å². The van der Waals surface area contributed by atoms with Crippen LogP contribution in [0.2, 0.25) is 0 Å². The number of halogens is 2. The van der Waals surface area contributed by atoms with Gasteiger partial charge in [-0.25, -0.2) is 0 Å². The second-order valence-electron chi connectivity index (χ2n) is 5.80. The van der Waals surface area contributed by atoms with Crippen LogP contribution < -0.4 is 0 Å². The van der Waals surface area contributed by atoms with Crippen LogP contribution in [0.4, 0.5) is 0 Å². The average Bonchev–Trinajstić information content (AvgIpc) is 2.48. The van der Waals surface area contributed by atoms with Crippen LogP contribution in [-0.2, 0) is 19.1 Å². The molecule has 1 rings (SSSR count). The molecule has 0 aromatic rings. The molecule has 1 fully saturated rings. The van der Waals surface area contributed by atoms with Gasteiger partial charge in [0, 0.05) is 10.8 Å². The average molecular weight is 353 g/mol. The highest BCUT2D eigenvalue weighted by Gasteiger charge is 2.27. The van der Waals surface area contributed by atoms with Gasteiger partial charge in [0.1, 0.15) is 12.2 Å². The zero-order valence-corrected chi connectivity index (χ0v) is 14.9. The van der Waals surface area contributed by atoms with E-state index >= 15 is 0 Å². The SMILES string of the molecule is CCC(Cl)CC(=O)OC1CCC(OC(=O)CC(Cl)CC)CC1. The van der Waals surface area contributed by atoms with Crippen molar-refractivity contribution in [3.8, 4) is 0 Å². The fraction of sp³-hybridized carbons (Fsp3) is 0.875. The van der Waals surface area contributed by atoms with E-state index in [2.05, 4.69) is 0 Å². The molecule has 1 aliphatic rings. The number of alkyl halides is 2. The number of ether oxygens (including phenoxy) is 2. The molecule has 6 heteroatoms. The van der Waals surface area contributed by atoms with E-state index in [9.17, 15) is 9.59 Å². The first-order valence-electron chi connectivity index (χ1n) is 8.11. The summed E-state index contributed by atoms with van der Waals surface area (Å²) in [6.45, 7) is 3.88. The van der Waals surface area contributed by atoms with Crippen molar-refractivity contribution in [2.24, 2.45) is 0 Å². The molecule has 0 bridgehead atoms. The third kappa shape index (κ3) is 7.68. The Morgan fingerprint density at radius 3 is 1.45 bits per heavy atom. The fourth-order valence-corrected chi connectivity index (χ4v) is 2.64.